The third kappa shape index (κ3) is 4.15. The average molecular weight is 370 g/mol. The van der Waals surface area contributed by atoms with Gasteiger partial charge in [-0.15, -0.1) is 0 Å². The van der Waals surface area contributed by atoms with Gasteiger partial charge in [-0.05, 0) is 30.7 Å². The molecule has 0 saturated heterocycles. The van der Waals surface area contributed by atoms with Crippen LogP contribution >= 0.6 is 11.8 Å². The first kappa shape index (κ1) is 17.8. The quantitative estimate of drug-likeness (QED) is 0.532. The highest BCUT2D eigenvalue weighted by atomic mass is 32.2. The van der Waals surface area contributed by atoms with E-state index in [1.807, 2.05) is 36.9 Å². The molecule has 8 heteroatoms. The van der Waals surface area contributed by atoms with E-state index in [2.05, 4.69) is 15.8 Å². The average Bonchev–Trinajstić information content (AvgIpc) is 3.27. The van der Waals surface area contributed by atoms with E-state index in [0.29, 0.717) is 17.1 Å². The minimum absolute atomic E-state index is 0.130. The van der Waals surface area contributed by atoms with Crippen LogP contribution in [0.25, 0.3) is 0 Å². The van der Waals surface area contributed by atoms with Gasteiger partial charge in [0.05, 0.1) is 5.75 Å². The van der Waals surface area contributed by atoms with Crippen LogP contribution in [0.5, 0.6) is 0 Å². The fraction of sp³-hybridized carbons (Fsp3) is 0.167. The van der Waals surface area contributed by atoms with E-state index in [1.54, 1.807) is 30.5 Å². The largest absolute Gasteiger partial charge is 0.455 e. The molecule has 0 saturated carbocycles. The van der Waals surface area contributed by atoms with Crippen LogP contribution in [0.3, 0.4) is 0 Å². The third-order valence-electron chi connectivity index (χ3n) is 3.69. The Morgan fingerprint density at radius 2 is 1.92 bits per heavy atom. The topological polar surface area (TPSA) is 89.2 Å². The summed E-state index contributed by atoms with van der Waals surface area (Å²) in [7, 11) is 1.91. The first-order valence-electron chi connectivity index (χ1n) is 7.90. The number of imidazole rings is 1. The van der Waals surface area contributed by atoms with Crippen molar-refractivity contribution in [2.45, 2.75) is 17.8 Å². The number of nitrogens with one attached hydrogen (secondary N) is 2. The number of hydrogen-bond acceptors (Lipinski definition) is 5. The molecule has 26 heavy (non-hydrogen) atoms. The SMILES string of the molecule is Cc1ccccc1C(=O)NNC(=O)c1ccc(CSc2nccn2C)o1. The molecule has 0 aliphatic heterocycles. The lowest BCUT2D eigenvalue weighted by atomic mass is 10.1. The number of amides is 2. The van der Waals surface area contributed by atoms with Gasteiger partial charge in [0.25, 0.3) is 5.91 Å². The minimum Gasteiger partial charge on any atom is -0.455 e. The zero-order valence-electron chi connectivity index (χ0n) is 14.4. The summed E-state index contributed by atoms with van der Waals surface area (Å²) in [5, 5.41) is 0.859. The summed E-state index contributed by atoms with van der Waals surface area (Å²) < 4.78 is 7.43. The highest BCUT2D eigenvalue weighted by Crippen LogP contribution is 2.21. The highest BCUT2D eigenvalue weighted by molar-refractivity contribution is 7.98. The second-order valence-corrected chi connectivity index (χ2v) is 6.54. The molecule has 2 heterocycles. The maximum absolute atomic E-state index is 12.1. The highest BCUT2D eigenvalue weighted by Gasteiger charge is 2.14. The molecule has 2 amide bonds. The molecule has 3 aromatic rings. The van der Waals surface area contributed by atoms with E-state index in [4.69, 9.17) is 4.42 Å². The Labute approximate surface area is 154 Å². The zero-order valence-corrected chi connectivity index (χ0v) is 15.2. The second kappa shape index (κ2) is 7.92. The number of aromatic nitrogens is 2. The summed E-state index contributed by atoms with van der Waals surface area (Å²) in [6, 6.07) is 10.4. The van der Waals surface area contributed by atoms with Gasteiger partial charge in [0.15, 0.2) is 10.9 Å². The minimum atomic E-state index is -0.514. The number of carbonyl (C=O) groups excluding carboxylic acids is 2. The number of benzene rings is 1. The van der Waals surface area contributed by atoms with Gasteiger partial charge in [0.2, 0.25) is 0 Å². The monoisotopic (exact) mass is 370 g/mol. The van der Waals surface area contributed by atoms with E-state index >= 15 is 0 Å². The molecule has 0 unspecified atom stereocenters. The summed E-state index contributed by atoms with van der Waals surface area (Å²) in [6.45, 7) is 1.83. The van der Waals surface area contributed by atoms with Crippen molar-refractivity contribution in [2.75, 3.05) is 0 Å². The maximum Gasteiger partial charge on any atom is 0.305 e. The van der Waals surface area contributed by atoms with Gasteiger partial charge in [-0.2, -0.15) is 0 Å². The van der Waals surface area contributed by atoms with Crippen molar-refractivity contribution in [2.24, 2.45) is 7.05 Å². The summed E-state index contributed by atoms with van der Waals surface area (Å²) >= 11 is 1.51. The summed E-state index contributed by atoms with van der Waals surface area (Å²) in [4.78, 5) is 28.4. The van der Waals surface area contributed by atoms with Crippen LogP contribution in [0, 0.1) is 6.92 Å². The zero-order chi connectivity index (χ0) is 18.5. The van der Waals surface area contributed by atoms with E-state index in [-0.39, 0.29) is 11.7 Å². The number of furan rings is 1. The summed E-state index contributed by atoms with van der Waals surface area (Å²) in [5.41, 5.74) is 6.08. The molecular formula is C18H18N4O3S. The van der Waals surface area contributed by atoms with Crippen molar-refractivity contribution in [3.8, 4) is 0 Å². The van der Waals surface area contributed by atoms with Crippen LogP contribution in [-0.4, -0.2) is 21.4 Å². The van der Waals surface area contributed by atoms with Crippen LogP contribution < -0.4 is 10.9 Å². The van der Waals surface area contributed by atoms with Gasteiger partial charge < -0.3 is 8.98 Å². The molecular weight excluding hydrogens is 352 g/mol. The molecule has 0 aliphatic carbocycles. The van der Waals surface area contributed by atoms with Gasteiger partial charge in [-0.25, -0.2) is 4.98 Å². The van der Waals surface area contributed by atoms with Crippen LogP contribution in [-0.2, 0) is 12.8 Å². The number of hydrogen-bond donors (Lipinski definition) is 2. The lowest BCUT2D eigenvalue weighted by molar-refractivity contribution is 0.0830. The summed E-state index contributed by atoms with van der Waals surface area (Å²) in [5.74, 6) is 0.431. The van der Waals surface area contributed by atoms with E-state index in [1.165, 1.54) is 11.8 Å². The van der Waals surface area contributed by atoms with Crippen molar-refractivity contribution in [3.05, 3.63) is 71.4 Å². The number of thioether (sulfide) groups is 1. The van der Waals surface area contributed by atoms with E-state index in [0.717, 1.165) is 10.7 Å². The molecule has 0 spiro atoms. The van der Waals surface area contributed by atoms with Crippen molar-refractivity contribution in [3.63, 3.8) is 0 Å². The van der Waals surface area contributed by atoms with Crippen molar-refractivity contribution in [1.29, 1.82) is 0 Å². The normalized spacial score (nSPS) is 10.5. The molecule has 0 aliphatic rings. The molecule has 7 nitrogen and oxygen atoms in total. The van der Waals surface area contributed by atoms with Crippen LogP contribution in [0.15, 0.2) is 58.4 Å². The predicted octanol–water partition coefficient (Wildman–Crippen LogP) is 2.69. The third-order valence-corrected chi connectivity index (χ3v) is 4.77. The lowest BCUT2D eigenvalue weighted by Crippen LogP contribution is -2.41. The van der Waals surface area contributed by atoms with Gasteiger partial charge in [-0.3, -0.25) is 20.4 Å². The Kier molecular flexibility index (Phi) is 5.43. The lowest BCUT2D eigenvalue weighted by Gasteiger charge is -2.07. The number of aryl methyl sites for hydroxylation is 2. The first-order valence-corrected chi connectivity index (χ1v) is 8.88. The Hall–Kier alpha value is -3.00. The smallest absolute Gasteiger partial charge is 0.305 e. The van der Waals surface area contributed by atoms with Crippen molar-refractivity contribution < 1.29 is 14.0 Å². The molecule has 0 bridgehead atoms. The van der Waals surface area contributed by atoms with E-state index < -0.39 is 5.91 Å². The summed E-state index contributed by atoms with van der Waals surface area (Å²) in [6.07, 6.45) is 3.58. The second-order valence-electron chi connectivity index (χ2n) is 5.60. The van der Waals surface area contributed by atoms with Gasteiger partial charge in [-0.1, -0.05) is 30.0 Å². The Bertz CT molecular complexity index is 932. The fourth-order valence-electron chi connectivity index (χ4n) is 2.27. The maximum atomic E-state index is 12.1. The number of hydrazine groups is 1. The predicted molar refractivity (Wildman–Crippen MR) is 97.6 cm³/mol. The molecule has 2 aromatic heterocycles. The van der Waals surface area contributed by atoms with Crippen LogP contribution in [0.2, 0.25) is 0 Å². The molecule has 3 rings (SSSR count). The Balaban J connectivity index is 1.54. The van der Waals surface area contributed by atoms with Crippen LogP contribution in [0.4, 0.5) is 0 Å². The molecule has 1 aromatic carbocycles. The Morgan fingerprint density at radius 1 is 1.15 bits per heavy atom. The number of rotatable bonds is 5. The van der Waals surface area contributed by atoms with E-state index in [9.17, 15) is 9.59 Å². The standard InChI is InChI=1S/C18H18N4O3S/c1-12-5-3-4-6-14(12)16(23)20-21-17(24)15-8-7-13(25-15)11-26-18-19-9-10-22(18)2/h3-10H,11H2,1-2H3,(H,20,23)(H,21,24). The van der Waals surface area contributed by atoms with Crippen molar-refractivity contribution >= 4 is 23.6 Å². The molecule has 0 radical (unpaired) electrons. The van der Waals surface area contributed by atoms with Gasteiger partial charge in [0.1, 0.15) is 5.76 Å². The molecule has 0 fully saturated rings. The number of carbonyl (C=O) groups is 2. The van der Waals surface area contributed by atoms with Gasteiger partial charge >= 0.3 is 5.91 Å². The Morgan fingerprint density at radius 3 is 2.65 bits per heavy atom. The molecule has 2 N–H and O–H groups in total. The van der Waals surface area contributed by atoms with Crippen LogP contribution in [0.1, 0.15) is 32.2 Å². The molecule has 0 atom stereocenters. The van der Waals surface area contributed by atoms with Crippen molar-refractivity contribution in [1.82, 2.24) is 20.4 Å². The number of nitrogens with zero attached hydrogens (tertiary/aromatic N) is 2. The first-order chi connectivity index (χ1) is 12.5. The fourth-order valence-corrected chi connectivity index (χ4v) is 3.10. The molecule has 134 valence electrons. The van der Waals surface area contributed by atoms with Gasteiger partial charge in [0, 0.05) is 25.0 Å².